The number of rotatable bonds is 1. The molecule has 0 amide bonds. The molecule has 0 saturated heterocycles. The summed E-state index contributed by atoms with van der Waals surface area (Å²) in [7, 11) is 0. The van der Waals surface area contributed by atoms with Gasteiger partial charge in [0.2, 0.25) is 0 Å². The molecule has 0 unspecified atom stereocenters. The molecule has 0 aromatic heterocycles. The molecule has 2 N–H and O–H groups in total. The van der Waals surface area contributed by atoms with Crippen molar-refractivity contribution in [1.82, 2.24) is 0 Å². The SMILES string of the molecule is N#C/C(=C/O)c1ccc(O)cc1. The van der Waals surface area contributed by atoms with E-state index in [-0.39, 0.29) is 11.3 Å². The number of nitriles is 1. The van der Waals surface area contributed by atoms with Gasteiger partial charge in [-0.15, -0.1) is 0 Å². The lowest BCUT2D eigenvalue weighted by Gasteiger charge is -1.96. The Bertz CT molecular complexity index is 333. The van der Waals surface area contributed by atoms with Gasteiger partial charge in [0.05, 0.1) is 11.8 Å². The summed E-state index contributed by atoms with van der Waals surface area (Å²) in [6.45, 7) is 0. The third kappa shape index (κ3) is 1.55. The molecular formula is C9H7NO2. The Morgan fingerprint density at radius 3 is 2.33 bits per heavy atom. The predicted molar refractivity (Wildman–Crippen MR) is 44.3 cm³/mol. The third-order valence-corrected chi connectivity index (χ3v) is 1.43. The van der Waals surface area contributed by atoms with Crippen molar-refractivity contribution in [3.8, 4) is 11.8 Å². The molecule has 0 bridgehead atoms. The van der Waals surface area contributed by atoms with Crippen molar-refractivity contribution in [2.75, 3.05) is 0 Å². The Morgan fingerprint density at radius 1 is 1.33 bits per heavy atom. The lowest BCUT2D eigenvalue weighted by Crippen LogP contribution is -1.79. The summed E-state index contributed by atoms with van der Waals surface area (Å²) in [6, 6.07) is 7.84. The normalized spacial score (nSPS) is 10.8. The summed E-state index contributed by atoms with van der Waals surface area (Å²) in [5, 5.41) is 26.0. The van der Waals surface area contributed by atoms with E-state index in [4.69, 9.17) is 15.5 Å². The highest BCUT2D eigenvalue weighted by Crippen LogP contribution is 2.16. The largest absolute Gasteiger partial charge is 0.514 e. The number of phenolic OH excluding ortho intramolecular Hbond substituents is 1. The molecule has 3 nitrogen and oxygen atoms in total. The minimum Gasteiger partial charge on any atom is -0.514 e. The van der Waals surface area contributed by atoms with Crippen LogP contribution < -0.4 is 0 Å². The van der Waals surface area contributed by atoms with E-state index in [0.717, 1.165) is 6.26 Å². The maximum atomic E-state index is 8.92. The van der Waals surface area contributed by atoms with Crippen molar-refractivity contribution in [2.24, 2.45) is 0 Å². The average Bonchev–Trinajstić information content (AvgIpc) is 2.10. The highest BCUT2D eigenvalue weighted by Gasteiger charge is 1.98. The molecule has 1 aromatic rings. The first-order chi connectivity index (χ1) is 5.77. The van der Waals surface area contributed by atoms with Crippen LogP contribution in [0.15, 0.2) is 30.5 Å². The first-order valence-corrected chi connectivity index (χ1v) is 3.32. The summed E-state index contributed by atoms with van der Waals surface area (Å²) in [5.74, 6) is 0.133. The van der Waals surface area contributed by atoms with E-state index in [1.807, 2.05) is 6.07 Å². The van der Waals surface area contributed by atoms with Crippen molar-refractivity contribution in [3.63, 3.8) is 0 Å². The second kappa shape index (κ2) is 3.44. The van der Waals surface area contributed by atoms with Gasteiger partial charge in [0, 0.05) is 0 Å². The number of hydrogen-bond acceptors (Lipinski definition) is 3. The van der Waals surface area contributed by atoms with Crippen molar-refractivity contribution >= 4 is 5.57 Å². The quantitative estimate of drug-likeness (QED) is 0.487. The van der Waals surface area contributed by atoms with Gasteiger partial charge in [-0.3, -0.25) is 0 Å². The van der Waals surface area contributed by atoms with E-state index in [1.165, 1.54) is 12.1 Å². The number of hydrogen-bond donors (Lipinski definition) is 2. The molecule has 12 heavy (non-hydrogen) atoms. The van der Waals surface area contributed by atoms with Gasteiger partial charge in [-0.25, -0.2) is 0 Å². The van der Waals surface area contributed by atoms with Crippen LogP contribution in [-0.4, -0.2) is 10.2 Å². The van der Waals surface area contributed by atoms with E-state index in [2.05, 4.69) is 0 Å². The molecule has 0 fully saturated rings. The van der Waals surface area contributed by atoms with E-state index in [0.29, 0.717) is 5.56 Å². The maximum Gasteiger partial charge on any atom is 0.115 e. The van der Waals surface area contributed by atoms with Gasteiger partial charge >= 0.3 is 0 Å². The topological polar surface area (TPSA) is 64.2 Å². The van der Waals surface area contributed by atoms with Crippen LogP contribution in [0.4, 0.5) is 0 Å². The Hall–Kier alpha value is -1.95. The Balaban J connectivity index is 3.06. The summed E-state index contributed by atoms with van der Waals surface area (Å²) in [4.78, 5) is 0. The Morgan fingerprint density at radius 2 is 1.92 bits per heavy atom. The molecule has 0 atom stereocenters. The molecule has 60 valence electrons. The second-order valence-corrected chi connectivity index (χ2v) is 2.20. The molecule has 0 radical (unpaired) electrons. The predicted octanol–water partition coefficient (Wildman–Crippen LogP) is 1.81. The molecule has 3 heteroatoms. The molecule has 0 aliphatic rings. The van der Waals surface area contributed by atoms with Gasteiger partial charge in [-0.2, -0.15) is 5.26 Å². The van der Waals surface area contributed by atoms with Crippen LogP contribution in [0.3, 0.4) is 0 Å². The zero-order chi connectivity index (χ0) is 8.97. The zero-order valence-corrected chi connectivity index (χ0v) is 6.23. The highest BCUT2D eigenvalue weighted by atomic mass is 16.3. The number of benzene rings is 1. The first kappa shape index (κ1) is 8.15. The van der Waals surface area contributed by atoms with Gasteiger partial charge in [0.25, 0.3) is 0 Å². The first-order valence-electron chi connectivity index (χ1n) is 3.32. The molecule has 0 aliphatic heterocycles. The summed E-state index contributed by atoms with van der Waals surface area (Å²) in [6.07, 6.45) is 0.742. The Kier molecular flexibility index (Phi) is 2.34. The van der Waals surface area contributed by atoms with Crippen LogP contribution in [0.1, 0.15) is 5.56 Å². The molecule has 0 aliphatic carbocycles. The number of aliphatic hydroxyl groups is 1. The fourth-order valence-electron chi connectivity index (χ4n) is 0.809. The van der Waals surface area contributed by atoms with Crippen LogP contribution in [0.5, 0.6) is 5.75 Å². The highest BCUT2D eigenvalue weighted by molar-refractivity contribution is 5.75. The fourth-order valence-corrected chi connectivity index (χ4v) is 0.809. The van der Waals surface area contributed by atoms with E-state index in [9.17, 15) is 0 Å². The van der Waals surface area contributed by atoms with E-state index < -0.39 is 0 Å². The number of phenols is 1. The lowest BCUT2D eigenvalue weighted by atomic mass is 10.1. The van der Waals surface area contributed by atoms with Crippen LogP contribution in [0.2, 0.25) is 0 Å². The second-order valence-electron chi connectivity index (χ2n) is 2.20. The molecular weight excluding hydrogens is 154 g/mol. The van der Waals surface area contributed by atoms with E-state index >= 15 is 0 Å². The molecule has 0 saturated carbocycles. The zero-order valence-electron chi connectivity index (χ0n) is 6.23. The van der Waals surface area contributed by atoms with Gasteiger partial charge in [0.1, 0.15) is 11.8 Å². The van der Waals surface area contributed by atoms with Crippen molar-refractivity contribution < 1.29 is 10.2 Å². The molecule has 1 aromatic carbocycles. The van der Waals surface area contributed by atoms with Crippen LogP contribution in [0, 0.1) is 11.3 Å². The average molecular weight is 161 g/mol. The number of aliphatic hydroxyl groups excluding tert-OH is 1. The monoisotopic (exact) mass is 161 g/mol. The van der Waals surface area contributed by atoms with Crippen LogP contribution >= 0.6 is 0 Å². The van der Waals surface area contributed by atoms with E-state index in [1.54, 1.807) is 12.1 Å². The standard InChI is InChI=1S/C9H7NO2/c10-5-8(6-11)7-1-3-9(12)4-2-7/h1-4,6,11-12H/b8-6-. The van der Waals surface area contributed by atoms with Crippen LogP contribution in [-0.2, 0) is 0 Å². The van der Waals surface area contributed by atoms with Crippen molar-refractivity contribution in [1.29, 1.82) is 5.26 Å². The van der Waals surface area contributed by atoms with Gasteiger partial charge in [-0.05, 0) is 29.8 Å². The minimum atomic E-state index is 0.133. The number of aromatic hydroxyl groups is 1. The lowest BCUT2D eigenvalue weighted by molar-refractivity contribution is 0.474. The number of nitrogens with zero attached hydrogens (tertiary/aromatic N) is 1. The van der Waals surface area contributed by atoms with Crippen LogP contribution in [0.25, 0.3) is 5.57 Å². The smallest absolute Gasteiger partial charge is 0.115 e. The molecule has 1 rings (SSSR count). The fraction of sp³-hybridized carbons (Fsp3) is 0. The van der Waals surface area contributed by atoms with Gasteiger partial charge in [0.15, 0.2) is 0 Å². The van der Waals surface area contributed by atoms with Gasteiger partial charge in [-0.1, -0.05) is 0 Å². The molecule has 0 spiro atoms. The summed E-state index contributed by atoms with van der Waals surface area (Å²) in [5.41, 5.74) is 0.757. The maximum absolute atomic E-state index is 8.92. The van der Waals surface area contributed by atoms with Crippen molar-refractivity contribution in [2.45, 2.75) is 0 Å². The summed E-state index contributed by atoms with van der Waals surface area (Å²) >= 11 is 0. The summed E-state index contributed by atoms with van der Waals surface area (Å²) < 4.78 is 0. The molecule has 0 heterocycles. The minimum absolute atomic E-state index is 0.133. The Labute approximate surface area is 69.8 Å². The van der Waals surface area contributed by atoms with Crippen molar-refractivity contribution in [3.05, 3.63) is 36.1 Å². The third-order valence-electron chi connectivity index (χ3n) is 1.43. The number of allylic oxidation sites excluding steroid dienone is 1. The van der Waals surface area contributed by atoms with Gasteiger partial charge < -0.3 is 10.2 Å².